The van der Waals surface area contributed by atoms with Gasteiger partial charge in [0.25, 0.3) is 0 Å². The van der Waals surface area contributed by atoms with Crippen molar-refractivity contribution in [2.75, 3.05) is 12.3 Å². The molecule has 0 aromatic carbocycles. The molecule has 0 amide bonds. The molecule has 1 heterocycles. The van der Waals surface area contributed by atoms with Crippen molar-refractivity contribution in [3.63, 3.8) is 0 Å². The molecule has 2 rings (SSSR count). The number of nitrogens with one attached hydrogen (secondary N) is 1. The summed E-state index contributed by atoms with van der Waals surface area (Å²) in [4.78, 5) is 4.28. The van der Waals surface area contributed by atoms with Crippen molar-refractivity contribution in [3.05, 3.63) is 24.0 Å². The van der Waals surface area contributed by atoms with Gasteiger partial charge < -0.3 is 11.1 Å². The Morgan fingerprint density at radius 2 is 1.88 bits per heavy atom. The van der Waals surface area contributed by atoms with Crippen molar-refractivity contribution in [1.82, 2.24) is 10.3 Å². The third-order valence-electron chi connectivity index (χ3n) is 4.82. The fourth-order valence-electron chi connectivity index (χ4n) is 2.73. The molecule has 94 valence electrons. The highest BCUT2D eigenvalue weighted by atomic mass is 14.9. The van der Waals surface area contributed by atoms with Gasteiger partial charge in [-0.05, 0) is 35.4 Å². The summed E-state index contributed by atoms with van der Waals surface area (Å²) >= 11 is 0. The monoisotopic (exact) mass is 233 g/mol. The molecular weight excluding hydrogens is 210 g/mol. The van der Waals surface area contributed by atoms with Crippen LogP contribution in [0.15, 0.2) is 18.3 Å². The predicted octanol–water partition coefficient (Wildman–Crippen LogP) is 2.44. The number of nitrogens with two attached hydrogens (primary N) is 1. The first kappa shape index (κ1) is 12.4. The minimum absolute atomic E-state index is 0.453. The lowest BCUT2D eigenvalue weighted by molar-refractivity contribution is 0.457. The zero-order valence-corrected chi connectivity index (χ0v) is 11.2. The van der Waals surface area contributed by atoms with Gasteiger partial charge in [-0.3, -0.25) is 4.98 Å². The lowest BCUT2D eigenvalue weighted by Gasteiger charge is -2.05. The Kier molecular flexibility index (Phi) is 2.90. The van der Waals surface area contributed by atoms with E-state index in [1.165, 1.54) is 0 Å². The van der Waals surface area contributed by atoms with Crippen LogP contribution in [0.3, 0.4) is 0 Å². The van der Waals surface area contributed by atoms with Gasteiger partial charge in [0.2, 0.25) is 0 Å². The first-order valence-corrected chi connectivity index (χ1v) is 6.27. The van der Waals surface area contributed by atoms with Crippen LogP contribution >= 0.6 is 0 Å². The highest BCUT2D eigenvalue weighted by molar-refractivity contribution is 5.34. The zero-order valence-electron chi connectivity index (χ0n) is 11.2. The van der Waals surface area contributed by atoms with E-state index in [2.05, 4.69) is 38.0 Å². The number of nitrogens with zero attached hydrogens (tertiary/aromatic N) is 1. The molecule has 0 atom stereocenters. The number of aromatic nitrogens is 1. The van der Waals surface area contributed by atoms with E-state index in [4.69, 9.17) is 5.73 Å². The predicted molar refractivity (Wildman–Crippen MR) is 71.4 cm³/mol. The second-order valence-electron chi connectivity index (χ2n) is 6.21. The van der Waals surface area contributed by atoms with Crippen molar-refractivity contribution >= 4 is 5.69 Å². The van der Waals surface area contributed by atoms with Crippen LogP contribution in [-0.2, 0) is 6.54 Å². The van der Waals surface area contributed by atoms with Crippen LogP contribution in [-0.4, -0.2) is 11.5 Å². The molecule has 0 bridgehead atoms. The fraction of sp³-hybridized carbons (Fsp3) is 0.643. The summed E-state index contributed by atoms with van der Waals surface area (Å²) in [6.45, 7) is 11.3. The third kappa shape index (κ3) is 2.16. The molecule has 0 radical (unpaired) electrons. The molecule has 1 aliphatic carbocycles. The van der Waals surface area contributed by atoms with Crippen molar-refractivity contribution in [2.24, 2.45) is 16.7 Å². The highest BCUT2D eigenvalue weighted by Gasteiger charge is 2.63. The normalized spacial score (nSPS) is 21.4. The third-order valence-corrected chi connectivity index (χ3v) is 4.82. The molecule has 3 N–H and O–H groups in total. The van der Waals surface area contributed by atoms with Crippen LogP contribution in [0, 0.1) is 16.7 Å². The lowest BCUT2D eigenvalue weighted by Crippen LogP contribution is -2.19. The molecule has 0 spiro atoms. The van der Waals surface area contributed by atoms with E-state index in [9.17, 15) is 0 Å². The quantitative estimate of drug-likeness (QED) is 0.840. The van der Waals surface area contributed by atoms with Gasteiger partial charge in [0.1, 0.15) is 0 Å². The van der Waals surface area contributed by atoms with Crippen LogP contribution in [0.4, 0.5) is 5.69 Å². The van der Waals surface area contributed by atoms with Gasteiger partial charge in [0.15, 0.2) is 0 Å². The Balaban J connectivity index is 1.80. The van der Waals surface area contributed by atoms with Gasteiger partial charge in [-0.25, -0.2) is 0 Å². The summed E-state index contributed by atoms with van der Waals surface area (Å²) < 4.78 is 0. The van der Waals surface area contributed by atoms with E-state index in [0.717, 1.165) is 30.4 Å². The van der Waals surface area contributed by atoms with E-state index in [-0.39, 0.29) is 0 Å². The summed E-state index contributed by atoms with van der Waals surface area (Å²) in [7, 11) is 0. The maximum Gasteiger partial charge on any atom is 0.0543 e. The Labute approximate surface area is 104 Å². The van der Waals surface area contributed by atoms with Crippen molar-refractivity contribution in [1.29, 1.82) is 0 Å². The number of pyridine rings is 1. The van der Waals surface area contributed by atoms with Crippen LogP contribution < -0.4 is 11.1 Å². The van der Waals surface area contributed by atoms with Gasteiger partial charge >= 0.3 is 0 Å². The van der Waals surface area contributed by atoms with E-state index in [1.807, 2.05) is 12.1 Å². The van der Waals surface area contributed by atoms with E-state index in [1.54, 1.807) is 6.20 Å². The van der Waals surface area contributed by atoms with Crippen LogP contribution in [0.2, 0.25) is 0 Å². The molecule has 0 aliphatic heterocycles. The van der Waals surface area contributed by atoms with Crippen LogP contribution in [0.5, 0.6) is 0 Å². The minimum atomic E-state index is 0.453. The summed E-state index contributed by atoms with van der Waals surface area (Å²) in [5.74, 6) is 0.754. The maximum atomic E-state index is 5.60. The van der Waals surface area contributed by atoms with Crippen LogP contribution in [0.25, 0.3) is 0 Å². The van der Waals surface area contributed by atoms with Gasteiger partial charge in [0, 0.05) is 6.54 Å². The molecule has 1 aromatic heterocycles. The van der Waals surface area contributed by atoms with Crippen molar-refractivity contribution in [2.45, 2.75) is 34.2 Å². The SMILES string of the molecule is CC1(C)C(CNCc2ccc(N)cn2)C1(C)C. The topological polar surface area (TPSA) is 50.9 Å². The van der Waals surface area contributed by atoms with Crippen molar-refractivity contribution in [3.8, 4) is 0 Å². The largest absolute Gasteiger partial charge is 0.397 e. The smallest absolute Gasteiger partial charge is 0.0543 e. The average Bonchev–Trinajstić information content (AvgIpc) is 2.63. The van der Waals surface area contributed by atoms with E-state index < -0.39 is 0 Å². The zero-order chi connectivity index (χ0) is 12.7. The Bertz CT molecular complexity index is 378. The first-order valence-electron chi connectivity index (χ1n) is 6.27. The Hall–Kier alpha value is -1.09. The molecule has 3 nitrogen and oxygen atoms in total. The number of rotatable bonds is 4. The molecule has 1 saturated carbocycles. The van der Waals surface area contributed by atoms with Gasteiger partial charge in [-0.2, -0.15) is 0 Å². The lowest BCUT2D eigenvalue weighted by atomic mass is 10.0. The Morgan fingerprint density at radius 1 is 1.24 bits per heavy atom. The molecule has 0 saturated heterocycles. The molecule has 1 fully saturated rings. The molecule has 1 aliphatic rings. The van der Waals surface area contributed by atoms with E-state index >= 15 is 0 Å². The van der Waals surface area contributed by atoms with Gasteiger partial charge in [-0.15, -0.1) is 0 Å². The van der Waals surface area contributed by atoms with Gasteiger partial charge in [0.05, 0.1) is 17.6 Å². The summed E-state index contributed by atoms with van der Waals surface area (Å²) in [5, 5.41) is 3.49. The molecule has 17 heavy (non-hydrogen) atoms. The molecular formula is C14H23N3. The molecule has 0 unspecified atom stereocenters. The summed E-state index contributed by atoms with van der Waals surface area (Å²) in [6, 6.07) is 3.88. The minimum Gasteiger partial charge on any atom is -0.397 e. The Morgan fingerprint density at radius 3 is 2.35 bits per heavy atom. The van der Waals surface area contributed by atoms with E-state index in [0.29, 0.717) is 10.8 Å². The van der Waals surface area contributed by atoms with Crippen LogP contribution in [0.1, 0.15) is 33.4 Å². The van der Waals surface area contributed by atoms with Crippen molar-refractivity contribution < 1.29 is 0 Å². The molecule has 1 aromatic rings. The number of anilines is 1. The summed E-state index contributed by atoms with van der Waals surface area (Å²) in [6.07, 6.45) is 1.71. The number of nitrogen functional groups attached to an aromatic ring is 1. The first-order chi connectivity index (χ1) is 7.85. The standard InChI is InChI=1S/C14H23N3/c1-13(2)12(14(13,3)4)9-16-8-11-6-5-10(15)7-17-11/h5-7,12,16H,8-9,15H2,1-4H3. The van der Waals surface area contributed by atoms with Gasteiger partial charge in [-0.1, -0.05) is 27.7 Å². The number of hydrogen-bond acceptors (Lipinski definition) is 3. The maximum absolute atomic E-state index is 5.60. The molecule has 3 heteroatoms. The number of hydrogen-bond donors (Lipinski definition) is 2. The average molecular weight is 233 g/mol. The fourth-order valence-corrected chi connectivity index (χ4v) is 2.73. The second kappa shape index (κ2) is 3.98. The highest BCUT2D eigenvalue weighted by Crippen LogP contribution is 2.67. The second-order valence-corrected chi connectivity index (χ2v) is 6.21. The summed E-state index contributed by atoms with van der Waals surface area (Å²) in [5.41, 5.74) is 8.28.